The minimum atomic E-state index is 0. The molecule has 3 rings (SSSR count). The quantitative estimate of drug-likeness (QED) is 0.343. The molecular formula is C22H37IN4. The van der Waals surface area contributed by atoms with Crippen LogP contribution in [0.25, 0.3) is 0 Å². The maximum Gasteiger partial charge on any atom is 0.193 e. The summed E-state index contributed by atoms with van der Waals surface area (Å²) in [5, 5.41) is 3.53. The predicted octanol–water partition coefficient (Wildman–Crippen LogP) is 4.04. The van der Waals surface area contributed by atoms with E-state index < -0.39 is 0 Å². The summed E-state index contributed by atoms with van der Waals surface area (Å²) in [5.74, 6) is 3.35. The van der Waals surface area contributed by atoms with Crippen molar-refractivity contribution < 1.29 is 0 Å². The maximum atomic E-state index is 5.00. The van der Waals surface area contributed by atoms with E-state index in [4.69, 9.17) is 4.99 Å². The average molecular weight is 484 g/mol. The number of nitrogens with one attached hydrogen (secondary N) is 1. The molecule has 27 heavy (non-hydrogen) atoms. The van der Waals surface area contributed by atoms with E-state index in [-0.39, 0.29) is 24.0 Å². The lowest BCUT2D eigenvalue weighted by atomic mass is 10.1. The molecule has 0 aromatic heterocycles. The monoisotopic (exact) mass is 484 g/mol. The highest BCUT2D eigenvalue weighted by molar-refractivity contribution is 14.0. The first-order chi connectivity index (χ1) is 12.7. The van der Waals surface area contributed by atoms with Gasteiger partial charge in [-0.25, -0.2) is 0 Å². The SMILES string of the molecule is CCNC(=NCC1CC1c1ccccc1)N1CCC(CN(CC)CC)C1.I. The van der Waals surface area contributed by atoms with E-state index in [0.717, 1.165) is 63.0 Å². The number of hydrogen-bond acceptors (Lipinski definition) is 2. The molecule has 1 saturated heterocycles. The zero-order chi connectivity index (χ0) is 18.4. The lowest BCUT2D eigenvalue weighted by molar-refractivity contribution is 0.255. The molecule has 5 heteroatoms. The second-order valence-electron chi connectivity index (χ2n) is 7.79. The summed E-state index contributed by atoms with van der Waals surface area (Å²) in [6, 6.07) is 10.9. The molecule has 2 fully saturated rings. The van der Waals surface area contributed by atoms with Crippen LogP contribution in [0.2, 0.25) is 0 Å². The van der Waals surface area contributed by atoms with Gasteiger partial charge in [-0.2, -0.15) is 0 Å². The molecule has 3 atom stereocenters. The Morgan fingerprint density at radius 2 is 1.93 bits per heavy atom. The predicted molar refractivity (Wildman–Crippen MR) is 126 cm³/mol. The molecule has 1 aromatic rings. The topological polar surface area (TPSA) is 30.9 Å². The fourth-order valence-electron chi connectivity index (χ4n) is 4.21. The third-order valence-corrected chi connectivity index (χ3v) is 5.96. The Balaban J connectivity index is 0.00000261. The van der Waals surface area contributed by atoms with Gasteiger partial charge in [0.1, 0.15) is 0 Å². The molecule has 1 aromatic carbocycles. The van der Waals surface area contributed by atoms with Gasteiger partial charge in [-0.3, -0.25) is 4.99 Å². The zero-order valence-corrected chi connectivity index (χ0v) is 19.6. The summed E-state index contributed by atoms with van der Waals surface area (Å²) in [4.78, 5) is 10.0. The van der Waals surface area contributed by atoms with Gasteiger partial charge in [0, 0.05) is 32.7 Å². The van der Waals surface area contributed by atoms with Crippen LogP contribution in [-0.2, 0) is 0 Å². The second kappa shape index (κ2) is 11.2. The lowest BCUT2D eigenvalue weighted by Crippen LogP contribution is -2.41. The van der Waals surface area contributed by atoms with Crippen molar-refractivity contribution in [2.24, 2.45) is 16.8 Å². The van der Waals surface area contributed by atoms with E-state index in [1.807, 2.05) is 0 Å². The fourth-order valence-corrected chi connectivity index (χ4v) is 4.21. The van der Waals surface area contributed by atoms with Crippen molar-refractivity contribution in [1.29, 1.82) is 0 Å². The Labute approximate surface area is 182 Å². The van der Waals surface area contributed by atoms with Crippen LogP contribution in [0.3, 0.4) is 0 Å². The van der Waals surface area contributed by atoms with Crippen molar-refractivity contribution in [2.75, 3.05) is 45.8 Å². The van der Waals surface area contributed by atoms with Crippen LogP contribution in [0.4, 0.5) is 0 Å². The normalized spacial score (nSPS) is 24.8. The van der Waals surface area contributed by atoms with Gasteiger partial charge in [-0.15, -0.1) is 24.0 Å². The maximum absolute atomic E-state index is 5.00. The molecule has 1 heterocycles. The minimum absolute atomic E-state index is 0. The number of guanidine groups is 1. The molecule has 0 amide bonds. The highest BCUT2D eigenvalue weighted by atomic mass is 127. The molecule has 152 valence electrons. The van der Waals surface area contributed by atoms with Crippen molar-refractivity contribution in [3.05, 3.63) is 35.9 Å². The van der Waals surface area contributed by atoms with Crippen LogP contribution in [0.1, 0.15) is 45.1 Å². The number of benzene rings is 1. The molecule has 1 N–H and O–H groups in total. The molecule has 0 bridgehead atoms. The van der Waals surface area contributed by atoms with Gasteiger partial charge in [-0.05, 0) is 56.2 Å². The molecule has 4 nitrogen and oxygen atoms in total. The van der Waals surface area contributed by atoms with Gasteiger partial charge in [0.25, 0.3) is 0 Å². The number of halogens is 1. The Morgan fingerprint density at radius 1 is 1.19 bits per heavy atom. The van der Waals surface area contributed by atoms with Gasteiger partial charge in [0.05, 0.1) is 0 Å². The van der Waals surface area contributed by atoms with Gasteiger partial charge in [0.2, 0.25) is 0 Å². The van der Waals surface area contributed by atoms with E-state index in [9.17, 15) is 0 Å². The highest BCUT2D eigenvalue weighted by Crippen LogP contribution is 2.47. The van der Waals surface area contributed by atoms with Gasteiger partial charge < -0.3 is 15.1 Å². The minimum Gasteiger partial charge on any atom is -0.357 e. The molecule has 0 radical (unpaired) electrons. The number of nitrogens with zero attached hydrogens (tertiary/aromatic N) is 3. The summed E-state index contributed by atoms with van der Waals surface area (Å²) in [5.41, 5.74) is 1.48. The molecular weight excluding hydrogens is 447 g/mol. The lowest BCUT2D eigenvalue weighted by Gasteiger charge is -2.24. The van der Waals surface area contributed by atoms with Crippen molar-refractivity contribution in [1.82, 2.24) is 15.1 Å². The van der Waals surface area contributed by atoms with Crippen LogP contribution in [-0.4, -0.2) is 61.6 Å². The van der Waals surface area contributed by atoms with Crippen LogP contribution in [0.5, 0.6) is 0 Å². The molecule has 3 unspecified atom stereocenters. The third kappa shape index (κ3) is 6.34. The van der Waals surface area contributed by atoms with E-state index in [1.165, 1.54) is 24.9 Å². The van der Waals surface area contributed by atoms with Gasteiger partial charge in [-0.1, -0.05) is 44.2 Å². The van der Waals surface area contributed by atoms with Crippen molar-refractivity contribution in [2.45, 2.75) is 39.5 Å². The molecule has 0 spiro atoms. The van der Waals surface area contributed by atoms with E-state index >= 15 is 0 Å². The largest absolute Gasteiger partial charge is 0.357 e. The smallest absolute Gasteiger partial charge is 0.193 e. The highest BCUT2D eigenvalue weighted by Gasteiger charge is 2.38. The van der Waals surface area contributed by atoms with Crippen LogP contribution in [0, 0.1) is 11.8 Å². The molecule has 1 aliphatic heterocycles. The number of rotatable bonds is 8. The zero-order valence-electron chi connectivity index (χ0n) is 17.2. The first kappa shape index (κ1) is 22.5. The number of aliphatic imine (C=N–C) groups is 1. The molecule has 2 aliphatic rings. The fraction of sp³-hybridized carbons (Fsp3) is 0.682. The van der Waals surface area contributed by atoms with Gasteiger partial charge >= 0.3 is 0 Å². The first-order valence-corrected chi connectivity index (χ1v) is 10.6. The average Bonchev–Trinajstić information content (AvgIpc) is 3.32. The van der Waals surface area contributed by atoms with E-state index in [0.29, 0.717) is 0 Å². The third-order valence-electron chi connectivity index (χ3n) is 5.96. The van der Waals surface area contributed by atoms with Crippen molar-refractivity contribution in [3.8, 4) is 0 Å². The molecule has 1 saturated carbocycles. The Morgan fingerprint density at radius 3 is 2.59 bits per heavy atom. The summed E-state index contributed by atoms with van der Waals surface area (Å²) in [7, 11) is 0. The van der Waals surface area contributed by atoms with Crippen molar-refractivity contribution >= 4 is 29.9 Å². The van der Waals surface area contributed by atoms with E-state index in [2.05, 4.69) is 66.2 Å². The molecule has 1 aliphatic carbocycles. The summed E-state index contributed by atoms with van der Waals surface area (Å²) >= 11 is 0. The summed E-state index contributed by atoms with van der Waals surface area (Å²) < 4.78 is 0. The van der Waals surface area contributed by atoms with E-state index in [1.54, 1.807) is 0 Å². The van der Waals surface area contributed by atoms with Crippen LogP contribution in [0.15, 0.2) is 35.3 Å². The van der Waals surface area contributed by atoms with Crippen molar-refractivity contribution in [3.63, 3.8) is 0 Å². The standard InChI is InChI=1S/C22H36N4.HI/c1-4-23-22(26-13-12-18(17-26)16-25(5-2)6-3)24-15-20-14-21(20)19-10-8-7-9-11-19;/h7-11,18,20-21H,4-6,12-17H2,1-3H3,(H,23,24);1H. The summed E-state index contributed by atoms with van der Waals surface area (Å²) in [6.07, 6.45) is 2.58. The number of likely N-dealkylation sites (tertiary alicyclic amines) is 1. The number of hydrogen-bond donors (Lipinski definition) is 1. The Hall–Kier alpha value is -0.820. The van der Waals surface area contributed by atoms with Crippen LogP contribution < -0.4 is 5.32 Å². The Kier molecular flexibility index (Phi) is 9.36. The summed E-state index contributed by atoms with van der Waals surface area (Å²) in [6.45, 7) is 14.4. The first-order valence-electron chi connectivity index (χ1n) is 10.6. The van der Waals surface area contributed by atoms with Gasteiger partial charge in [0.15, 0.2) is 5.96 Å². The van der Waals surface area contributed by atoms with Crippen LogP contribution >= 0.6 is 24.0 Å². The second-order valence-corrected chi connectivity index (χ2v) is 7.79. The Bertz CT molecular complexity index is 573.